The van der Waals surface area contributed by atoms with E-state index in [-0.39, 0.29) is 0 Å². The molecule has 0 bridgehead atoms. The molecule has 82 valence electrons. The van der Waals surface area contributed by atoms with Crippen LogP contribution in [0.15, 0.2) is 0 Å². The Bertz CT molecular complexity index is 240. The fourth-order valence-electron chi connectivity index (χ4n) is 1.04. The van der Waals surface area contributed by atoms with Gasteiger partial charge in [0.1, 0.15) is 0 Å². The average molecular weight is 243 g/mol. The first-order valence-electron chi connectivity index (χ1n) is 3.22. The highest BCUT2D eigenvalue weighted by atomic mass is 35.5. The van der Waals surface area contributed by atoms with Gasteiger partial charge in [-0.25, -0.2) is 22.0 Å². The predicted octanol–water partition coefficient (Wildman–Crippen LogP) is 3.57. The van der Waals surface area contributed by atoms with Gasteiger partial charge in [0.2, 0.25) is 5.67 Å². The molecule has 1 unspecified atom stereocenters. The molecule has 0 aromatic rings. The first kappa shape index (κ1) is 11.9. The smallest absolute Gasteiger partial charge is 0.233 e. The second kappa shape index (κ2) is 2.90. The third kappa shape index (κ3) is 1.28. The standard InChI is InChI=1S/C6H2ClF7/c7-3(9)6(13,14)4(10)1-5(11,12)2(4)8/h1H2. The second-order valence-corrected chi connectivity index (χ2v) is 3.16. The van der Waals surface area contributed by atoms with Gasteiger partial charge in [-0.1, -0.05) is 11.6 Å². The van der Waals surface area contributed by atoms with Crippen LogP contribution in [0.2, 0.25) is 0 Å². The van der Waals surface area contributed by atoms with Crippen LogP contribution < -0.4 is 0 Å². The zero-order valence-corrected chi connectivity index (χ0v) is 6.99. The Morgan fingerprint density at radius 1 is 1.29 bits per heavy atom. The summed E-state index contributed by atoms with van der Waals surface area (Å²) in [6.07, 6.45) is -5.02. The van der Waals surface area contributed by atoms with E-state index in [4.69, 9.17) is 0 Å². The van der Waals surface area contributed by atoms with Crippen molar-refractivity contribution in [1.82, 2.24) is 0 Å². The highest BCUT2D eigenvalue weighted by Gasteiger charge is 2.81. The lowest BCUT2D eigenvalue weighted by atomic mass is 9.72. The molecule has 0 amide bonds. The lowest BCUT2D eigenvalue weighted by molar-refractivity contribution is -0.256. The van der Waals surface area contributed by atoms with E-state index in [0.29, 0.717) is 0 Å². The van der Waals surface area contributed by atoms with E-state index in [0.717, 1.165) is 0 Å². The number of rotatable bonds is 2. The van der Waals surface area contributed by atoms with E-state index >= 15 is 0 Å². The predicted molar refractivity (Wildman–Crippen MR) is 32.9 cm³/mol. The van der Waals surface area contributed by atoms with Gasteiger partial charge in [0.15, 0.2) is 0 Å². The van der Waals surface area contributed by atoms with Gasteiger partial charge in [0.05, 0.1) is 6.42 Å². The van der Waals surface area contributed by atoms with Crippen molar-refractivity contribution >= 4 is 11.6 Å². The molecule has 0 heterocycles. The fourth-order valence-corrected chi connectivity index (χ4v) is 1.19. The Kier molecular flexibility index (Phi) is 2.46. The minimum Gasteiger partial charge on any atom is -0.233 e. The summed E-state index contributed by atoms with van der Waals surface area (Å²) < 4.78 is 86.0. The van der Waals surface area contributed by atoms with Gasteiger partial charge >= 0.3 is 11.6 Å². The van der Waals surface area contributed by atoms with Crippen LogP contribution in [0.25, 0.3) is 0 Å². The molecule has 1 atom stereocenters. The summed E-state index contributed by atoms with van der Waals surface area (Å²) in [6.45, 7) is 0. The molecule has 1 aliphatic rings. The third-order valence-electron chi connectivity index (χ3n) is 1.87. The molecule has 0 saturated heterocycles. The van der Waals surface area contributed by atoms with Gasteiger partial charge in [-0.15, -0.1) is 0 Å². The van der Waals surface area contributed by atoms with Gasteiger partial charge < -0.3 is 0 Å². The normalized spacial score (nSPS) is 33.2. The summed E-state index contributed by atoms with van der Waals surface area (Å²) >= 11 is 4.16. The van der Waals surface area contributed by atoms with Gasteiger partial charge in [-0.3, -0.25) is 0 Å². The monoisotopic (exact) mass is 242 g/mol. The van der Waals surface area contributed by atoms with Crippen molar-refractivity contribution in [2.45, 2.75) is 23.9 Å². The van der Waals surface area contributed by atoms with Crippen molar-refractivity contribution in [3.8, 4) is 0 Å². The van der Waals surface area contributed by atoms with Crippen LogP contribution in [0.4, 0.5) is 30.7 Å². The molecule has 0 N–H and O–H groups in total. The maximum Gasteiger partial charge on any atom is 0.337 e. The lowest BCUT2D eigenvalue weighted by Crippen LogP contribution is -2.65. The maximum atomic E-state index is 12.8. The Balaban J connectivity index is 2.90. The first-order valence-corrected chi connectivity index (χ1v) is 3.60. The molecule has 0 aromatic heterocycles. The zero-order valence-electron chi connectivity index (χ0n) is 6.23. The maximum absolute atomic E-state index is 12.8. The van der Waals surface area contributed by atoms with E-state index in [2.05, 4.69) is 11.6 Å². The van der Waals surface area contributed by atoms with Crippen LogP contribution in [0.1, 0.15) is 6.42 Å². The molecule has 1 fully saturated rings. The molecular formula is C6H2ClF7. The second-order valence-electron chi connectivity index (χ2n) is 2.83. The number of halogens is 8. The highest BCUT2D eigenvalue weighted by molar-refractivity contribution is 6.26. The minimum absolute atomic E-state index is 2.13. The van der Waals surface area contributed by atoms with Gasteiger partial charge in [0, 0.05) is 0 Å². The average Bonchev–Trinajstić information content (AvgIpc) is 2.02. The topological polar surface area (TPSA) is 0 Å². The van der Waals surface area contributed by atoms with Crippen LogP contribution >= 0.6 is 11.6 Å². The summed E-state index contributed by atoms with van der Waals surface area (Å²) in [5.74, 6) is -9.37. The minimum atomic E-state index is -5.08. The molecule has 0 aromatic carbocycles. The van der Waals surface area contributed by atoms with Crippen molar-refractivity contribution in [1.29, 1.82) is 0 Å². The van der Waals surface area contributed by atoms with E-state index in [1.54, 1.807) is 0 Å². The molecule has 2 radical (unpaired) electrons. The Morgan fingerprint density at radius 3 is 1.93 bits per heavy atom. The van der Waals surface area contributed by atoms with Crippen LogP contribution in [0.3, 0.4) is 0 Å². The van der Waals surface area contributed by atoms with Crippen LogP contribution in [0.5, 0.6) is 0 Å². The van der Waals surface area contributed by atoms with Crippen LogP contribution in [-0.2, 0) is 0 Å². The number of alkyl halides is 5. The lowest BCUT2D eigenvalue weighted by Gasteiger charge is -2.46. The number of hydrogen-bond acceptors (Lipinski definition) is 0. The van der Waals surface area contributed by atoms with Crippen molar-refractivity contribution < 1.29 is 30.7 Å². The van der Waals surface area contributed by atoms with Gasteiger partial charge in [-0.2, -0.15) is 8.78 Å². The van der Waals surface area contributed by atoms with E-state index in [9.17, 15) is 30.7 Å². The molecule has 1 saturated carbocycles. The largest absolute Gasteiger partial charge is 0.337 e. The quantitative estimate of drug-likeness (QED) is 0.650. The highest BCUT2D eigenvalue weighted by Crippen LogP contribution is 2.64. The molecule has 0 aliphatic heterocycles. The molecule has 1 rings (SSSR count). The summed E-state index contributed by atoms with van der Waals surface area (Å²) in [4.78, 5) is 0. The van der Waals surface area contributed by atoms with Crippen molar-refractivity contribution in [2.24, 2.45) is 0 Å². The van der Waals surface area contributed by atoms with Crippen molar-refractivity contribution in [3.63, 3.8) is 0 Å². The van der Waals surface area contributed by atoms with Crippen LogP contribution in [0, 0.1) is 11.8 Å². The molecule has 0 nitrogen and oxygen atoms in total. The molecule has 8 heteroatoms. The summed E-state index contributed by atoms with van der Waals surface area (Å²) in [5.41, 5.74) is -7.10. The summed E-state index contributed by atoms with van der Waals surface area (Å²) in [7, 11) is 0. The molecular weight excluding hydrogens is 241 g/mol. The molecule has 1 aliphatic carbocycles. The molecule has 0 spiro atoms. The Labute approximate surface area is 79.0 Å². The summed E-state index contributed by atoms with van der Waals surface area (Å²) in [5, 5.41) is 0. The van der Waals surface area contributed by atoms with Crippen molar-refractivity contribution in [2.75, 3.05) is 0 Å². The zero-order chi connectivity index (χ0) is 11.4. The third-order valence-corrected chi connectivity index (χ3v) is 2.11. The molecule has 14 heavy (non-hydrogen) atoms. The van der Waals surface area contributed by atoms with Gasteiger partial charge in [-0.05, 0) is 0 Å². The SMILES string of the molecule is F[C](Cl)C(F)(F)C1(F)CC(F)(F)[C]1F. The van der Waals surface area contributed by atoms with Crippen LogP contribution in [-0.4, -0.2) is 17.5 Å². The Hall–Kier alpha value is -0.200. The Morgan fingerprint density at radius 2 is 1.71 bits per heavy atom. The van der Waals surface area contributed by atoms with E-state index in [1.807, 2.05) is 0 Å². The van der Waals surface area contributed by atoms with Gasteiger partial charge in [0.25, 0.3) is 12.1 Å². The number of hydrogen-bond donors (Lipinski definition) is 0. The van der Waals surface area contributed by atoms with E-state index in [1.165, 1.54) is 0 Å². The van der Waals surface area contributed by atoms with Crippen molar-refractivity contribution in [3.05, 3.63) is 11.8 Å². The summed E-state index contributed by atoms with van der Waals surface area (Å²) in [6, 6.07) is 0. The first-order chi connectivity index (χ1) is 6.06. The fraction of sp³-hybridized carbons (Fsp3) is 0.667. The van der Waals surface area contributed by atoms with E-state index < -0.39 is 35.7 Å².